The van der Waals surface area contributed by atoms with Gasteiger partial charge in [0.05, 0.1) is 0 Å². The molecule has 0 saturated heterocycles. The number of carbonyl (C=O) groups excluding carboxylic acids is 1. The quantitative estimate of drug-likeness (QED) is 0.306. The molecule has 0 bridgehead atoms. The third-order valence-corrected chi connectivity index (χ3v) is 0.923. The first-order valence-electron chi connectivity index (χ1n) is 2.91. The van der Waals surface area contributed by atoms with Gasteiger partial charge in [0.1, 0.15) is 13.2 Å². The fourth-order valence-electron chi connectivity index (χ4n) is 0.349. The maximum atomic E-state index is 10.1. The molecule has 0 saturated carbocycles. The Kier molecular flexibility index (Phi) is 4.87. The lowest BCUT2D eigenvalue weighted by molar-refractivity contribution is -0.136. The molecule has 5 nitrogen and oxygen atoms in total. The highest BCUT2D eigenvalue weighted by atomic mass is 35.5. The summed E-state index contributed by atoms with van der Waals surface area (Å²) in [6.45, 7) is 2.89. The van der Waals surface area contributed by atoms with Gasteiger partial charge >= 0.3 is 11.4 Å². The van der Waals surface area contributed by atoms with Crippen LogP contribution < -0.4 is 0 Å². The van der Waals surface area contributed by atoms with Crippen LogP contribution in [0.15, 0.2) is 12.3 Å². The second-order valence-electron chi connectivity index (χ2n) is 1.66. The Hall–Kier alpha value is -1.23. The van der Waals surface area contributed by atoms with Crippen LogP contribution in [0.3, 0.4) is 0 Å². The minimum atomic E-state index is -1.26. The monoisotopic (exact) mass is 194 g/mol. The molecule has 0 spiro atoms. The molecular weight excluding hydrogens is 188 g/mol. The van der Waals surface area contributed by atoms with Crippen LogP contribution in [-0.4, -0.2) is 29.7 Å². The van der Waals surface area contributed by atoms with Crippen LogP contribution in [0.25, 0.3) is 0 Å². The number of carboxylic acids is 1. The molecule has 0 unspecified atom stereocenters. The van der Waals surface area contributed by atoms with Gasteiger partial charge in [-0.25, -0.2) is 9.59 Å². The van der Waals surface area contributed by atoms with E-state index in [4.69, 9.17) is 16.7 Å². The van der Waals surface area contributed by atoms with E-state index in [1.54, 1.807) is 0 Å². The first kappa shape index (κ1) is 10.8. The minimum Gasteiger partial charge on any atom is -0.483 e. The predicted octanol–water partition coefficient (Wildman–Crippen LogP) is 0.977. The Morgan fingerprint density at radius 2 is 1.83 bits per heavy atom. The maximum Gasteiger partial charge on any atom is 0.403 e. The summed E-state index contributed by atoms with van der Waals surface area (Å²) in [7, 11) is 0. The van der Waals surface area contributed by atoms with Crippen LogP contribution in [0.1, 0.15) is 0 Å². The lowest BCUT2D eigenvalue weighted by Gasteiger charge is -2.03. The van der Waals surface area contributed by atoms with Crippen molar-refractivity contribution in [2.24, 2.45) is 0 Å². The molecule has 0 aromatic heterocycles. The normalized spacial score (nSPS) is 8.75. The second-order valence-corrected chi connectivity index (χ2v) is 1.97. The van der Waals surface area contributed by atoms with Crippen molar-refractivity contribution in [3.63, 3.8) is 0 Å². The first-order valence-corrected chi connectivity index (χ1v) is 3.29. The average molecular weight is 195 g/mol. The molecule has 68 valence electrons. The largest absolute Gasteiger partial charge is 0.483 e. The highest BCUT2D eigenvalue weighted by molar-refractivity contribution is 6.61. The van der Waals surface area contributed by atoms with Crippen LogP contribution in [-0.2, 0) is 14.3 Å². The van der Waals surface area contributed by atoms with E-state index < -0.39 is 17.2 Å². The van der Waals surface area contributed by atoms with Crippen molar-refractivity contribution in [1.29, 1.82) is 0 Å². The summed E-state index contributed by atoms with van der Waals surface area (Å²) in [6, 6.07) is 0. The van der Waals surface area contributed by atoms with Crippen molar-refractivity contribution < 1.29 is 24.2 Å². The van der Waals surface area contributed by atoms with E-state index >= 15 is 0 Å². The molecule has 0 amide bonds. The van der Waals surface area contributed by atoms with Gasteiger partial charge in [-0.2, -0.15) is 0 Å². The Balaban J connectivity index is 3.38. The molecule has 0 fully saturated rings. The number of rotatable bonds is 5. The standard InChI is InChI=1S/C6H7ClO5/c1-4(5(8)9)11-2-3-12-6(7)10/h1-3H2,(H,8,9). The lowest BCUT2D eigenvalue weighted by atomic mass is 10.6. The molecular formula is C6H7ClO5. The molecule has 0 heterocycles. The number of carboxylic acid groups (broad SMARTS) is 1. The predicted molar refractivity (Wildman–Crippen MR) is 39.9 cm³/mol. The van der Waals surface area contributed by atoms with Crippen molar-refractivity contribution in [2.75, 3.05) is 13.2 Å². The van der Waals surface area contributed by atoms with Crippen LogP contribution in [0.5, 0.6) is 0 Å². The molecule has 6 heteroatoms. The molecule has 0 rings (SSSR count). The average Bonchev–Trinajstić information content (AvgIpc) is 1.97. The number of halogens is 1. The summed E-state index contributed by atoms with van der Waals surface area (Å²) in [4.78, 5) is 20.0. The van der Waals surface area contributed by atoms with Gasteiger partial charge in [-0.05, 0) is 6.58 Å². The van der Waals surface area contributed by atoms with Crippen LogP contribution in [0.2, 0.25) is 0 Å². The van der Waals surface area contributed by atoms with Crippen molar-refractivity contribution in [3.05, 3.63) is 12.3 Å². The van der Waals surface area contributed by atoms with Crippen LogP contribution in [0, 0.1) is 0 Å². The summed E-state index contributed by atoms with van der Waals surface area (Å²) in [5, 5.41) is 8.23. The maximum absolute atomic E-state index is 10.1. The van der Waals surface area contributed by atoms with E-state index in [0.717, 1.165) is 0 Å². The lowest BCUT2D eigenvalue weighted by Crippen LogP contribution is -2.09. The van der Waals surface area contributed by atoms with Crippen molar-refractivity contribution >= 4 is 23.0 Å². The van der Waals surface area contributed by atoms with E-state index in [-0.39, 0.29) is 13.2 Å². The Morgan fingerprint density at radius 3 is 2.25 bits per heavy atom. The van der Waals surface area contributed by atoms with Gasteiger partial charge < -0.3 is 14.6 Å². The zero-order valence-electron chi connectivity index (χ0n) is 6.08. The van der Waals surface area contributed by atoms with Crippen molar-refractivity contribution in [2.45, 2.75) is 0 Å². The summed E-state index contributed by atoms with van der Waals surface area (Å²) in [5.41, 5.74) is -0.959. The van der Waals surface area contributed by atoms with E-state index in [1.807, 2.05) is 0 Å². The molecule has 12 heavy (non-hydrogen) atoms. The molecule has 0 atom stereocenters. The molecule has 1 N–H and O–H groups in total. The highest BCUT2D eigenvalue weighted by Gasteiger charge is 2.04. The van der Waals surface area contributed by atoms with Crippen molar-refractivity contribution in [3.8, 4) is 0 Å². The summed E-state index contributed by atoms with van der Waals surface area (Å²) in [5.74, 6) is -1.66. The zero-order valence-corrected chi connectivity index (χ0v) is 6.84. The Morgan fingerprint density at radius 1 is 1.33 bits per heavy atom. The molecule has 0 radical (unpaired) electrons. The number of ether oxygens (including phenoxy) is 2. The van der Waals surface area contributed by atoms with E-state index in [0.29, 0.717) is 0 Å². The zero-order chi connectivity index (χ0) is 9.56. The fraction of sp³-hybridized carbons (Fsp3) is 0.333. The number of hydrogen-bond donors (Lipinski definition) is 1. The topological polar surface area (TPSA) is 72.8 Å². The number of carbonyl (C=O) groups is 2. The van der Waals surface area contributed by atoms with E-state index in [2.05, 4.69) is 16.1 Å². The van der Waals surface area contributed by atoms with Crippen LogP contribution >= 0.6 is 11.6 Å². The molecule has 0 aromatic rings. The number of aliphatic carboxylic acids is 1. The van der Waals surface area contributed by atoms with Crippen LogP contribution in [0.4, 0.5) is 4.79 Å². The van der Waals surface area contributed by atoms with Gasteiger partial charge in [0.25, 0.3) is 0 Å². The van der Waals surface area contributed by atoms with Crippen molar-refractivity contribution in [1.82, 2.24) is 0 Å². The van der Waals surface area contributed by atoms with Gasteiger partial charge in [-0.3, -0.25) is 0 Å². The summed E-state index contributed by atoms with van der Waals surface area (Å²) < 4.78 is 8.76. The third kappa shape index (κ3) is 5.55. The van der Waals surface area contributed by atoms with Gasteiger partial charge in [-0.1, -0.05) is 0 Å². The van der Waals surface area contributed by atoms with Gasteiger partial charge in [-0.15, -0.1) is 0 Å². The molecule has 0 aliphatic rings. The molecule has 0 aliphatic carbocycles. The Bertz CT molecular complexity index is 200. The smallest absolute Gasteiger partial charge is 0.403 e. The first-order chi connectivity index (χ1) is 5.54. The highest BCUT2D eigenvalue weighted by Crippen LogP contribution is 1.93. The number of hydrogen-bond acceptors (Lipinski definition) is 4. The van der Waals surface area contributed by atoms with Gasteiger partial charge in [0.2, 0.25) is 0 Å². The second kappa shape index (κ2) is 5.42. The SMILES string of the molecule is C=C(OCCOC(=O)Cl)C(=O)O. The summed E-state index contributed by atoms with van der Waals surface area (Å²) in [6.07, 6.45) is 0. The molecule has 0 aromatic carbocycles. The van der Waals surface area contributed by atoms with Gasteiger partial charge in [0, 0.05) is 11.6 Å². The third-order valence-electron chi connectivity index (χ3n) is 0.814. The molecule has 0 aliphatic heterocycles. The Labute approximate surface area is 73.5 Å². The van der Waals surface area contributed by atoms with Gasteiger partial charge in [0.15, 0.2) is 5.76 Å². The van der Waals surface area contributed by atoms with E-state index in [1.165, 1.54) is 0 Å². The van der Waals surface area contributed by atoms with E-state index in [9.17, 15) is 9.59 Å². The summed E-state index contributed by atoms with van der Waals surface area (Å²) >= 11 is 4.80. The fourth-order valence-corrected chi connectivity index (χ4v) is 0.426. The minimum absolute atomic E-state index is 0.0798.